The molecule has 6 heteroatoms. The molecule has 0 aliphatic carbocycles. The first-order valence-corrected chi connectivity index (χ1v) is 8.08. The van der Waals surface area contributed by atoms with E-state index in [-0.39, 0.29) is 5.57 Å². The van der Waals surface area contributed by atoms with Gasteiger partial charge in [-0.3, -0.25) is 0 Å². The SMILES string of the molecule is CCCCc1[nH]c2ccc(Cl)cc2c1/C(=C/C(=O)OC)C(=O)OC. The molecule has 0 aliphatic heterocycles. The third kappa shape index (κ3) is 3.79. The zero-order valence-electron chi connectivity index (χ0n) is 13.9. The molecule has 24 heavy (non-hydrogen) atoms. The van der Waals surface area contributed by atoms with Crippen LogP contribution in [0.3, 0.4) is 0 Å². The number of aryl methyl sites for hydroxylation is 1. The highest BCUT2D eigenvalue weighted by Gasteiger charge is 2.22. The van der Waals surface area contributed by atoms with Crippen LogP contribution < -0.4 is 0 Å². The maximum absolute atomic E-state index is 12.3. The third-order valence-electron chi connectivity index (χ3n) is 3.76. The molecular weight excluding hydrogens is 330 g/mol. The van der Waals surface area contributed by atoms with Gasteiger partial charge in [0.2, 0.25) is 0 Å². The highest BCUT2D eigenvalue weighted by atomic mass is 35.5. The van der Waals surface area contributed by atoms with Crippen LogP contribution in [0, 0.1) is 0 Å². The average molecular weight is 350 g/mol. The number of carbonyl (C=O) groups is 2. The van der Waals surface area contributed by atoms with Gasteiger partial charge in [-0.2, -0.15) is 0 Å². The Morgan fingerprint density at radius 1 is 1.25 bits per heavy atom. The van der Waals surface area contributed by atoms with Gasteiger partial charge >= 0.3 is 11.9 Å². The number of unbranched alkanes of at least 4 members (excludes halogenated alkanes) is 1. The Bertz CT molecular complexity index is 792. The van der Waals surface area contributed by atoms with E-state index in [9.17, 15) is 9.59 Å². The number of H-pyrrole nitrogens is 1. The van der Waals surface area contributed by atoms with E-state index in [4.69, 9.17) is 16.3 Å². The van der Waals surface area contributed by atoms with Crippen LogP contribution >= 0.6 is 11.6 Å². The maximum atomic E-state index is 12.3. The Hall–Kier alpha value is -2.27. The molecule has 0 amide bonds. The van der Waals surface area contributed by atoms with Gasteiger partial charge in [0, 0.05) is 33.3 Å². The first-order chi connectivity index (χ1) is 11.5. The van der Waals surface area contributed by atoms with Crippen LogP contribution in [0.25, 0.3) is 16.5 Å². The number of methoxy groups -OCH3 is 2. The number of benzene rings is 1. The van der Waals surface area contributed by atoms with Crippen LogP contribution in [0.5, 0.6) is 0 Å². The summed E-state index contributed by atoms with van der Waals surface area (Å²) in [6.07, 6.45) is 3.85. The Morgan fingerprint density at radius 2 is 2.00 bits per heavy atom. The zero-order chi connectivity index (χ0) is 17.7. The molecule has 0 fully saturated rings. The Morgan fingerprint density at radius 3 is 2.62 bits per heavy atom. The van der Waals surface area contributed by atoms with Gasteiger partial charge in [0.05, 0.1) is 19.8 Å². The number of hydrogen-bond donors (Lipinski definition) is 1. The summed E-state index contributed by atoms with van der Waals surface area (Å²) < 4.78 is 9.53. The van der Waals surface area contributed by atoms with Crippen LogP contribution in [-0.2, 0) is 25.5 Å². The van der Waals surface area contributed by atoms with Gasteiger partial charge in [0.1, 0.15) is 0 Å². The van der Waals surface area contributed by atoms with E-state index in [0.29, 0.717) is 10.6 Å². The van der Waals surface area contributed by atoms with Crippen molar-refractivity contribution >= 4 is 40.0 Å². The molecule has 0 aliphatic rings. The molecule has 5 nitrogen and oxygen atoms in total. The van der Waals surface area contributed by atoms with E-state index in [0.717, 1.165) is 41.9 Å². The molecular formula is C18H20ClNO4. The van der Waals surface area contributed by atoms with Crippen molar-refractivity contribution < 1.29 is 19.1 Å². The van der Waals surface area contributed by atoms with E-state index < -0.39 is 11.9 Å². The highest BCUT2D eigenvalue weighted by Crippen LogP contribution is 2.32. The summed E-state index contributed by atoms with van der Waals surface area (Å²) in [7, 11) is 2.54. The molecule has 0 saturated heterocycles. The lowest BCUT2D eigenvalue weighted by Gasteiger charge is -2.08. The van der Waals surface area contributed by atoms with Crippen molar-refractivity contribution in [3.63, 3.8) is 0 Å². The van der Waals surface area contributed by atoms with Crippen LogP contribution in [0.2, 0.25) is 5.02 Å². The summed E-state index contributed by atoms with van der Waals surface area (Å²) in [5.41, 5.74) is 2.51. The fraction of sp³-hybridized carbons (Fsp3) is 0.333. The summed E-state index contributed by atoms with van der Waals surface area (Å²) in [5.74, 6) is -1.22. The average Bonchev–Trinajstić information content (AvgIpc) is 2.94. The summed E-state index contributed by atoms with van der Waals surface area (Å²) in [4.78, 5) is 27.3. The molecule has 0 radical (unpaired) electrons. The molecule has 128 valence electrons. The Balaban J connectivity index is 2.72. The first-order valence-electron chi connectivity index (χ1n) is 7.70. The van der Waals surface area contributed by atoms with Crippen LogP contribution in [-0.4, -0.2) is 31.1 Å². The van der Waals surface area contributed by atoms with Crippen molar-refractivity contribution in [3.8, 4) is 0 Å². The second-order valence-electron chi connectivity index (χ2n) is 5.34. The fourth-order valence-electron chi connectivity index (χ4n) is 2.59. The molecule has 1 N–H and O–H groups in total. The third-order valence-corrected chi connectivity index (χ3v) is 3.99. The number of carbonyl (C=O) groups excluding carboxylic acids is 2. The molecule has 2 aromatic rings. The van der Waals surface area contributed by atoms with Gasteiger partial charge in [-0.05, 0) is 31.0 Å². The molecule has 1 aromatic carbocycles. The predicted octanol–water partition coefficient (Wildman–Crippen LogP) is 3.89. The van der Waals surface area contributed by atoms with Crippen molar-refractivity contribution in [1.82, 2.24) is 4.98 Å². The largest absolute Gasteiger partial charge is 0.466 e. The van der Waals surface area contributed by atoms with E-state index >= 15 is 0 Å². The molecule has 0 unspecified atom stereocenters. The van der Waals surface area contributed by atoms with Gasteiger partial charge in [0.25, 0.3) is 0 Å². The number of aromatic amines is 1. The van der Waals surface area contributed by atoms with E-state index in [1.807, 2.05) is 6.07 Å². The van der Waals surface area contributed by atoms with Crippen molar-refractivity contribution in [2.75, 3.05) is 14.2 Å². The van der Waals surface area contributed by atoms with Gasteiger partial charge in [-0.1, -0.05) is 24.9 Å². The number of halogens is 1. The number of fused-ring (bicyclic) bond motifs is 1. The molecule has 2 rings (SSSR count). The van der Waals surface area contributed by atoms with Gasteiger partial charge in [0.15, 0.2) is 0 Å². The van der Waals surface area contributed by atoms with Crippen molar-refractivity contribution in [2.45, 2.75) is 26.2 Å². The van der Waals surface area contributed by atoms with Crippen molar-refractivity contribution in [2.24, 2.45) is 0 Å². The van der Waals surface area contributed by atoms with Crippen LogP contribution in [0.1, 0.15) is 31.0 Å². The molecule has 0 saturated carbocycles. The molecule has 1 heterocycles. The van der Waals surface area contributed by atoms with E-state index in [2.05, 4.69) is 16.6 Å². The minimum Gasteiger partial charge on any atom is -0.466 e. The number of rotatable bonds is 6. The molecule has 1 aromatic heterocycles. The van der Waals surface area contributed by atoms with E-state index in [1.165, 1.54) is 14.2 Å². The highest BCUT2D eigenvalue weighted by molar-refractivity contribution is 6.32. The number of ether oxygens (including phenoxy) is 2. The Labute approximate surface area is 145 Å². The number of esters is 2. The summed E-state index contributed by atoms with van der Waals surface area (Å²) >= 11 is 6.11. The van der Waals surface area contributed by atoms with Crippen molar-refractivity contribution in [3.05, 3.63) is 40.6 Å². The maximum Gasteiger partial charge on any atom is 0.338 e. The second kappa shape index (κ2) is 8.02. The minimum atomic E-state index is -0.617. The molecule has 0 atom stereocenters. The minimum absolute atomic E-state index is 0.156. The topological polar surface area (TPSA) is 68.4 Å². The fourth-order valence-corrected chi connectivity index (χ4v) is 2.76. The normalized spacial score (nSPS) is 11.6. The van der Waals surface area contributed by atoms with Gasteiger partial charge in [-0.15, -0.1) is 0 Å². The standard InChI is InChI=1S/C18H20ClNO4/c1-4-5-6-15-17(12-9-11(19)7-8-14(12)20-15)13(18(22)24-3)10-16(21)23-2/h7-10,20H,4-6H2,1-3H3/b13-10-. The lowest BCUT2D eigenvalue weighted by molar-refractivity contribution is -0.136. The van der Waals surface area contributed by atoms with Crippen molar-refractivity contribution in [1.29, 1.82) is 0 Å². The summed E-state index contributed by atoms with van der Waals surface area (Å²) in [5, 5.41) is 1.32. The lowest BCUT2D eigenvalue weighted by Crippen LogP contribution is -2.09. The zero-order valence-corrected chi connectivity index (χ0v) is 14.7. The second-order valence-corrected chi connectivity index (χ2v) is 5.78. The summed E-state index contributed by atoms with van der Waals surface area (Å²) in [6.45, 7) is 2.09. The number of nitrogens with one attached hydrogen (secondary N) is 1. The molecule has 0 bridgehead atoms. The lowest BCUT2D eigenvalue weighted by atomic mass is 9.99. The predicted molar refractivity (Wildman–Crippen MR) is 93.9 cm³/mol. The smallest absolute Gasteiger partial charge is 0.338 e. The van der Waals surface area contributed by atoms with Crippen LogP contribution in [0.15, 0.2) is 24.3 Å². The van der Waals surface area contributed by atoms with Gasteiger partial charge < -0.3 is 14.5 Å². The molecule has 0 spiro atoms. The quantitative estimate of drug-likeness (QED) is 0.634. The monoisotopic (exact) mass is 349 g/mol. The van der Waals surface area contributed by atoms with E-state index in [1.54, 1.807) is 12.1 Å². The number of aromatic nitrogens is 1. The number of hydrogen-bond acceptors (Lipinski definition) is 4. The first kappa shape index (κ1) is 18.1. The summed E-state index contributed by atoms with van der Waals surface area (Å²) in [6, 6.07) is 5.39. The van der Waals surface area contributed by atoms with Crippen LogP contribution in [0.4, 0.5) is 0 Å². The Kier molecular flexibility index (Phi) is 6.04. The van der Waals surface area contributed by atoms with Gasteiger partial charge in [-0.25, -0.2) is 9.59 Å².